The molecule has 0 aromatic heterocycles. The standard InChI is InChI=1S/C11H17NO2/c1-8-6-10(13-4)11(14-5)7-9(8)12(2)3/h6-7H,1-5H3. The van der Waals surface area contributed by atoms with Crippen LogP contribution in [0.25, 0.3) is 0 Å². The van der Waals surface area contributed by atoms with E-state index in [2.05, 4.69) is 11.8 Å². The van der Waals surface area contributed by atoms with E-state index in [-0.39, 0.29) is 0 Å². The summed E-state index contributed by atoms with van der Waals surface area (Å²) in [4.78, 5) is 2.05. The van der Waals surface area contributed by atoms with E-state index in [1.165, 1.54) is 5.56 Å². The van der Waals surface area contributed by atoms with Crippen LogP contribution in [0.5, 0.6) is 11.5 Å². The molecule has 1 rings (SSSR count). The Kier molecular flexibility index (Phi) is 3.23. The first-order valence-electron chi connectivity index (χ1n) is 4.50. The van der Waals surface area contributed by atoms with Gasteiger partial charge in [0.2, 0.25) is 0 Å². The summed E-state index contributed by atoms with van der Waals surface area (Å²) in [6.07, 6.45) is 0. The van der Waals surface area contributed by atoms with Crippen molar-refractivity contribution in [2.24, 2.45) is 0 Å². The highest BCUT2D eigenvalue weighted by atomic mass is 16.5. The summed E-state index contributed by atoms with van der Waals surface area (Å²) in [5.41, 5.74) is 2.32. The molecule has 0 aliphatic rings. The summed E-state index contributed by atoms with van der Waals surface area (Å²) in [6, 6.07) is 3.96. The van der Waals surface area contributed by atoms with Crippen LogP contribution in [-0.4, -0.2) is 28.3 Å². The molecule has 0 N–H and O–H groups in total. The Morgan fingerprint density at radius 1 is 1.00 bits per heavy atom. The molecule has 0 saturated heterocycles. The molecule has 0 aliphatic heterocycles. The minimum atomic E-state index is 0.766. The van der Waals surface area contributed by atoms with Crippen LogP contribution in [0, 0.1) is 6.92 Å². The van der Waals surface area contributed by atoms with Gasteiger partial charge in [-0.2, -0.15) is 0 Å². The van der Waals surface area contributed by atoms with E-state index in [4.69, 9.17) is 9.47 Å². The van der Waals surface area contributed by atoms with Gasteiger partial charge in [0.05, 0.1) is 14.2 Å². The minimum absolute atomic E-state index is 0.766. The van der Waals surface area contributed by atoms with Crippen molar-refractivity contribution in [2.45, 2.75) is 6.92 Å². The van der Waals surface area contributed by atoms with Crippen LogP contribution in [0.3, 0.4) is 0 Å². The van der Waals surface area contributed by atoms with E-state index >= 15 is 0 Å². The van der Waals surface area contributed by atoms with E-state index in [1.807, 2.05) is 26.2 Å². The number of ether oxygens (including phenoxy) is 2. The second-order valence-corrected chi connectivity index (χ2v) is 3.39. The molecule has 0 bridgehead atoms. The average Bonchev–Trinajstić information content (AvgIpc) is 2.16. The van der Waals surface area contributed by atoms with E-state index in [9.17, 15) is 0 Å². The number of nitrogens with zero attached hydrogens (tertiary/aromatic N) is 1. The highest BCUT2D eigenvalue weighted by Crippen LogP contribution is 2.33. The molecule has 78 valence electrons. The van der Waals surface area contributed by atoms with Crippen LogP contribution < -0.4 is 14.4 Å². The number of methoxy groups -OCH3 is 2. The van der Waals surface area contributed by atoms with E-state index in [0.717, 1.165) is 17.2 Å². The van der Waals surface area contributed by atoms with Crippen molar-refractivity contribution in [1.29, 1.82) is 0 Å². The van der Waals surface area contributed by atoms with Crippen LogP contribution in [0.4, 0.5) is 5.69 Å². The number of hydrogen-bond donors (Lipinski definition) is 0. The maximum atomic E-state index is 5.23. The summed E-state index contributed by atoms with van der Waals surface area (Å²) < 4.78 is 10.4. The van der Waals surface area contributed by atoms with Gasteiger partial charge in [-0.1, -0.05) is 0 Å². The number of benzene rings is 1. The van der Waals surface area contributed by atoms with Gasteiger partial charge in [-0.15, -0.1) is 0 Å². The number of rotatable bonds is 3. The molecule has 0 fully saturated rings. The highest BCUT2D eigenvalue weighted by molar-refractivity contribution is 5.60. The highest BCUT2D eigenvalue weighted by Gasteiger charge is 2.09. The van der Waals surface area contributed by atoms with Crippen molar-refractivity contribution >= 4 is 5.69 Å². The van der Waals surface area contributed by atoms with Crippen molar-refractivity contribution in [3.8, 4) is 11.5 Å². The lowest BCUT2D eigenvalue weighted by atomic mass is 10.1. The van der Waals surface area contributed by atoms with Crippen molar-refractivity contribution < 1.29 is 9.47 Å². The molecule has 0 atom stereocenters. The summed E-state index contributed by atoms with van der Waals surface area (Å²) in [7, 11) is 7.31. The fourth-order valence-corrected chi connectivity index (χ4v) is 1.45. The molecule has 0 saturated carbocycles. The molecule has 3 nitrogen and oxygen atoms in total. The molecule has 1 aromatic carbocycles. The fraction of sp³-hybridized carbons (Fsp3) is 0.455. The van der Waals surface area contributed by atoms with Gasteiger partial charge in [0.25, 0.3) is 0 Å². The van der Waals surface area contributed by atoms with Gasteiger partial charge in [-0.3, -0.25) is 0 Å². The number of aryl methyl sites for hydroxylation is 1. The van der Waals surface area contributed by atoms with Gasteiger partial charge in [0, 0.05) is 25.8 Å². The summed E-state index contributed by atoms with van der Waals surface area (Å²) in [5.74, 6) is 1.54. The normalized spacial score (nSPS) is 9.79. The molecule has 0 radical (unpaired) electrons. The predicted octanol–water partition coefficient (Wildman–Crippen LogP) is 2.08. The first kappa shape index (κ1) is 10.7. The fourth-order valence-electron chi connectivity index (χ4n) is 1.45. The zero-order valence-corrected chi connectivity index (χ0v) is 9.42. The van der Waals surface area contributed by atoms with Gasteiger partial charge < -0.3 is 14.4 Å². The molecular weight excluding hydrogens is 178 g/mol. The average molecular weight is 195 g/mol. The van der Waals surface area contributed by atoms with Gasteiger partial charge in [0.15, 0.2) is 11.5 Å². The van der Waals surface area contributed by atoms with Gasteiger partial charge in [0.1, 0.15) is 0 Å². The minimum Gasteiger partial charge on any atom is -0.493 e. The Hall–Kier alpha value is -1.38. The van der Waals surface area contributed by atoms with Crippen LogP contribution >= 0.6 is 0 Å². The van der Waals surface area contributed by atoms with Crippen molar-refractivity contribution in [1.82, 2.24) is 0 Å². The lowest BCUT2D eigenvalue weighted by Crippen LogP contribution is -2.10. The van der Waals surface area contributed by atoms with Crippen LogP contribution in [-0.2, 0) is 0 Å². The van der Waals surface area contributed by atoms with E-state index < -0.39 is 0 Å². The maximum absolute atomic E-state index is 5.23. The largest absolute Gasteiger partial charge is 0.493 e. The van der Waals surface area contributed by atoms with Crippen LogP contribution in [0.15, 0.2) is 12.1 Å². The molecule has 0 spiro atoms. The molecule has 0 amide bonds. The third-order valence-electron chi connectivity index (χ3n) is 2.18. The molecule has 0 aliphatic carbocycles. The van der Waals surface area contributed by atoms with Gasteiger partial charge >= 0.3 is 0 Å². The molecule has 14 heavy (non-hydrogen) atoms. The Morgan fingerprint density at radius 3 is 1.93 bits per heavy atom. The quantitative estimate of drug-likeness (QED) is 0.737. The molecular formula is C11H17NO2. The Morgan fingerprint density at radius 2 is 1.50 bits per heavy atom. The lowest BCUT2D eigenvalue weighted by molar-refractivity contribution is 0.355. The third-order valence-corrected chi connectivity index (χ3v) is 2.18. The van der Waals surface area contributed by atoms with Crippen molar-refractivity contribution in [3.63, 3.8) is 0 Å². The van der Waals surface area contributed by atoms with Gasteiger partial charge in [-0.25, -0.2) is 0 Å². The summed E-state index contributed by atoms with van der Waals surface area (Å²) in [6.45, 7) is 2.05. The Labute approximate surface area is 85.2 Å². The monoisotopic (exact) mass is 195 g/mol. The van der Waals surface area contributed by atoms with E-state index in [1.54, 1.807) is 14.2 Å². The Balaban J connectivity index is 3.23. The first-order valence-corrected chi connectivity index (χ1v) is 4.50. The summed E-state index contributed by atoms with van der Waals surface area (Å²) >= 11 is 0. The number of hydrogen-bond acceptors (Lipinski definition) is 3. The Bertz CT molecular complexity index is 321. The zero-order valence-electron chi connectivity index (χ0n) is 9.42. The maximum Gasteiger partial charge on any atom is 0.162 e. The number of anilines is 1. The summed E-state index contributed by atoms with van der Waals surface area (Å²) in [5, 5.41) is 0. The first-order chi connectivity index (χ1) is 6.60. The van der Waals surface area contributed by atoms with Crippen molar-refractivity contribution in [2.75, 3.05) is 33.2 Å². The third kappa shape index (κ3) is 1.92. The van der Waals surface area contributed by atoms with Gasteiger partial charge in [-0.05, 0) is 18.6 Å². The van der Waals surface area contributed by atoms with E-state index in [0.29, 0.717) is 0 Å². The smallest absolute Gasteiger partial charge is 0.162 e. The molecule has 1 aromatic rings. The molecule has 0 heterocycles. The zero-order chi connectivity index (χ0) is 10.7. The topological polar surface area (TPSA) is 21.7 Å². The lowest BCUT2D eigenvalue weighted by Gasteiger charge is -2.18. The second kappa shape index (κ2) is 4.22. The molecule has 0 unspecified atom stereocenters. The SMILES string of the molecule is COc1cc(C)c(N(C)C)cc1OC. The van der Waals surface area contributed by atoms with Crippen LogP contribution in [0.2, 0.25) is 0 Å². The molecule has 3 heteroatoms. The van der Waals surface area contributed by atoms with Crippen LogP contribution in [0.1, 0.15) is 5.56 Å². The van der Waals surface area contributed by atoms with Crippen molar-refractivity contribution in [3.05, 3.63) is 17.7 Å². The predicted molar refractivity (Wildman–Crippen MR) is 58.6 cm³/mol. The second-order valence-electron chi connectivity index (χ2n) is 3.39.